The largest absolute Gasteiger partial charge is 0.491 e. The maximum atomic E-state index is 14.5. The van der Waals surface area contributed by atoms with Crippen molar-refractivity contribution in [3.8, 4) is 34.5 Å². The van der Waals surface area contributed by atoms with Crippen molar-refractivity contribution in [3.63, 3.8) is 0 Å². The minimum Gasteiger partial charge on any atom is -0.491 e. The molecule has 1 N–H and O–H groups in total. The molecule has 1 aromatic carbocycles. The minimum atomic E-state index is -0.267. The highest BCUT2D eigenvalue weighted by molar-refractivity contribution is 5.95. The second kappa shape index (κ2) is 8.14. The molecule has 0 aliphatic rings. The smallest absolute Gasteiger partial charge is 0.259 e. The molecule has 7 nitrogen and oxygen atoms in total. The predicted molar refractivity (Wildman–Crippen MR) is 111 cm³/mol. The lowest BCUT2D eigenvalue weighted by Gasteiger charge is -2.12. The number of aromatic nitrogens is 4. The van der Waals surface area contributed by atoms with Gasteiger partial charge >= 0.3 is 0 Å². The zero-order chi connectivity index (χ0) is 21.3. The van der Waals surface area contributed by atoms with Gasteiger partial charge in [0.25, 0.3) is 11.8 Å². The van der Waals surface area contributed by atoms with Crippen LogP contribution in [0.4, 0.5) is 4.39 Å². The maximum Gasteiger partial charge on any atom is 0.259 e. The molecule has 0 radical (unpaired) electrons. The third-order valence-electron chi connectivity index (χ3n) is 4.69. The molecule has 3 heterocycles. The zero-order valence-electron chi connectivity index (χ0n) is 17.3. The minimum absolute atomic E-state index is 0.0356. The van der Waals surface area contributed by atoms with Gasteiger partial charge in [0.05, 0.1) is 24.3 Å². The van der Waals surface area contributed by atoms with E-state index in [1.807, 2.05) is 20.0 Å². The quantitative estimate of drug-likeness (QED) is 0.452. The summed E-state index contributed by atoms with van der Waals surface area (Å²) in [5.74, 6) is 1.24. The topological polar surface area (TPSA) is 86.1 Å². The first-order valence-electron chi connectivity index (χ1n) is 9.85. The van der Waals surface area contributed by atoms with Gasteiger partial charge in [-0.3, -0.25) is 0 Å². The molecule has 0 aliphatic carbocycles. The molecule has 4 rings (SSSR count). The fourth-order valence-electron chi connectivity index (χ4n) is 3.38. The first kappa shape index (κ1) is 19.9. The van der Waals surface area contributed by atoms with Crippen LogP contribution in [0.3, 0.4) is 0 Å². The molecule has 0 fully saturated rings. The highest BCUT2D eigenvalue weighted by Crippen LogP contribution is 2.34. The van der Waals surface area contributed by atoms with Gasteiger partial charge in [-0.25, -0.2) is 9.37 Å². The van der Waals surface area contributed by atoms with E-state index in [0.717, 1.165) is 18.4 Å². The number of hydrogen-bond acceptors (Lipinski definition) is 6. The van der Waals surface area contributed by atoms with E-state index >= 15 is 0 Å². The second-order valence-electron chi connectivity index (χ2n) is 7.23. The van der Waals surface area contributed by atoms with Crippen LogP contribution in [0.5, 0.6) is 11.6 Å². The van der Waals surface area contributed by atoms with Crippen LogP contribution in [0.15, 0.2) is 35.1 Å². The van der Waals surface area contributed by atoms with E-state index in [9.17, 15) is 4.39 Å². The highest BCUT2D eigenvalue weighted by atomic mass is 19.1. The fourth-order valence-corrected chi connectivity index (χ4v) is 3.38. The Morgan fingerprint density at radius 3 is 2.83 bits per heavy atom. The molecule has 3 aromatic heterocycles. The lowest BCUT2D eigenvalue weighted by Crippen LogP contribution is -2.08. The number of benzene rings is 1. The van der Waals surface area contributed by atoms with E-state index in [2.05, 4.69) is 27.0 Å². The lowest BCUT2D eigenvalue weighted by atomic mass is 10.1. The Morgan fingerprint density at radius 2 is 2.10 bits per heavy atom. The van der Waals surface area contributed by atoms with Crippen LogP contribution in [0.1, 0.15) is 32.8 Å². The second-order valence-corrected chi connectivity index (χ2v) is 7.23. The Bertz CT molecular complexity index is 1180. The van der Waals surface area contributed by atoms with E-state index in [-0.39, 0.29) is 17.8 Å². The van der Waals surface area contributed by atoms with E-state index in [0.29, 0.717) is 39.5 Å². The van der Waals surface area contributed by atoms with Crippen molar-refractivity contribution in [1.29, 1.82) is 0 Å². The van der Waals surface area contributed by atoms with Gasteiger partial charge in [-0.1, -0.05) is 18.5 Å². The molecular formula is C22H23FN4O3. The number of nitrogens with zero attached hydrogens (tertiary/aromatic N) is 3. The number of H-pyrrole nitrogens is 1. The van der Waals surface area contributed by atoms with Crippen LogP contribution in [-0.4, -0.2) is 33.3 Å². The molecule has 0 unspecified atom stereocenters. The van der Waals surface area contributed by atoms with E-state index in [1.54, 1.807) is 25.4 Å². The molecule has 0 spiro atoms. The average molecular weight is 410 g/mol. The molecular weight excluding hydrogens is 387 g/mol. The van der Waals surface area contributed by atoms with Gasteiger partial charge in [-0.05, 0) is 38.0 Å². The van der Waals surface area contributed by atoms with Crippen LogP contribution < -0.4 is 9.47 Å². The molecule has 4 aromatic rings. The number of rotatable bonds is 7. The van der Waals surface area contributed by atoms with Crippen molar-refractivity contribution in [2.75, 3.05) is 7.11 Å². The third-order valence-corrected chi connectivity index (χ3v) is 4.69. The third kappa shape index (κ3) is 3.60. The molecule has 0 atom stereocenters. The summed E-state index contributed by atoms with van der Waals surface area (Å²) < 4.78 is 30.9. The summed E-state index contributed by atoms with van der Waals surface area (Å²) in [5, 5.41) is 4.66. The fraction of sp³-hybridized carbons (Fsp3) is 0.318. The number of fused-ring (bicyclic) bond motifs is 1. The molecule has 0 aliphatic heterocycles. The van der Waals surface area contributed by atoms with E-state index in [1.165, 1.54) is 6.07 Å². The Morgan fingerprint density at radius 1 is 1.27 bits per heavy atom. The van der Waals surface area contributed by atoms with Gasteiger partial charge in [0.15, 0.2) is 5.75 Å². The summed E-state index contributed by atoms with van der Waals surface area (Å²) in [6, 6.07) is 4.82. The van der Waals surface area contributed by atoms with Crippen LogP contribution in [0.2, 0.25) is 0 Å². The number of halogens is 1. The molecule has 30 heavy (non-hydrogen) atoms. The van der Waals surface area contributed by atoms with Crippen LogP contribution in [0.25, 0.3) is 33.7 Å². The summed E-state index contributed by atoms with van der Waals surface area (Å²) in [5.41, 5.74) is 2.86. The first-order chi connectivity index (χ1) is 14.5. The van der Waals surface area contributed by atoms with Crippen molar-refractivity contribution >= 4 is 10.9 Å². The monoisotopic (exact) mass is 410 g/mol. The molecule has 0 amide bonds. The van der Waals surface area contributed by atoms with E-state index < -0.39 is 0 Å². The van der Waals surface area contributed by atoms with Crippen LogP contribution in [0, 0.1) is 5.82 Å². The zero-order valence-corrected chi connectivity index (χ0v) is 17.3. The van der Waals surface area contributed by atoms with Gasteiger partial charge in [-0.2, -0.15) is 4.98 Å². The van der Waals surface area contributed by atoms with Crippen molar-refractivity contribution in [2.45, 2.75) is 39.7 Å². The average Bonchev–Trinajstić information content (AvgIpc) is 3.37. The standard InChI is InChI=1S/C22H23FN4O3/c1-5-6-13-10-24-19-15(7-8-16(23)18(13)19)20-26-21(30-27-20)14-9-17(28-4)22(25-11-14)29-12(2)3/h7-12,24H,5-6H2,1-4H3. The Kier molecular flexibility index (Phi) is 5.39. The number of aromatic amines is 1. The predicted octanol–water partition coefficient (Wildman–Crippen LogP) is 5.17. The van der Waals surface area contributed by atoms with Gasteiger partial charge in [-0.15, -0.1) is 0 Å². The normalized spacial score (nSPS) is 11.4. The van der Waals surface area contributed by atoms with Gasteiger partial charge in [0, 0.05) is 29.4 Å². The molecule has 0 bridgehead atoms. The summed E-state index contributed by atoms with van der Waals surface area (Å²) in [4.78, 5) is 12.0. The number of methoxy groups -OCH3 is 1. The summed E-state index contributed by atoms with van der Waals surface area (Å²) in [6.45, 7) is 5.89. The van der Waals surface area contributed by atoms with Crippen molar-refractivity contribution in [3.05, 3.63) is 42.0 Å². The SMILES string of the molecule is CCCc1c[nH]c2c(-c3noc(-c4cnc(OC(C)C)c(OC)c4)n3)ccc(F)c12. The first-order valence-corrected chi connectivity index (χ1v) is 9.85. The summed E-state index contributed by atoms with van der Waals surface area (Å²) >= 11 is 0. The Hall–Kier alpha value is -3.42. The van der Waals surface area contributed by atoms with Crippen molar-refractivity contribution in [1.82, 2.24) is 20.1 Å². The molecule has 156 valence electrons. The van der Waals surface area contributed by atoms with E-state index in [4.69, 9.17) is 14.0 Å². The van der Waals surface area contributed by atoms with Crippen molar-refractivity contribution < 1.29 is 18.4 Å². The maximum absolute atomic E-state index is 14.5. The highest BCUT2D eigenvalue weighted by Gasteiger charge is 2.19. The number of hydrogen-bond donors (Lipinski definition) is 1. The number of nitrogens with one attached hydrogen (secondary N) is 1. The number of ether oxygens (including phenoxy) is 2. The Balaban J connectivity index is 1.72. The van der Waals surface area contributed by atoms with Crippen molar-refractivity contribution in [2.24, 2.45) is 0 Å². The van der Waals surface area contributed by atoms with Gasteiger partial charge in [0.2, 0.25) is 5.82 Å². The van der Waals surface area contributed by atoms with Crippen LogP contribution in [-0.2, 0) is 6.42 Å². The molecule has 0 saturated carbocycles. The lowest BCUT2D eigenvalue weighted by molar-refractivity contribution is 0.220. The number of pyridine rings is 1. The van der Waals surface area contributed by atoms with Crippen LogP contribution >= 0.6 is 0 Å². The summed E-state index contributed by atoms with van der Waals surface area (Å²) in [7, 11) is 1.54. The summed E-state index contributed by atoms with van der Waals surface area (Å²) in [6.07, 6.45) is 5.10. The van der Waals surface area contributed by atoms with Gasteiger partial charge in [0.1, 0.15) is 5.82 Å². The molecule has 0 saturated heterocycles. The molecule has 8 heteroatoms. The number of aryl methyl sites for hydroxylation is 1. The van der Waals surface area contributed by atoms with Gasteiger partial charge < -0.3 is 19.0 Å². The Labute approximate surface area is 173 Å².